The third-order valence-corrected chi connectivity index (χ3v) is 10.9. The molecule has 1 aromatic rings. The summed E-state index contributed by atoms with van der Waals surface area (Å²) in [5, 5.41) is 0.331. The molecular weight excluding hydrogens is 382 g/mol. The summed E-state index contributed by atoms with van der Waals surface area (Å²) >= 11 is 0. The lowest BCUT2D eigenvalue weighted by Crippen LogP contribution is -2.40. The standard InChI is InChI=1S/C27H47NOSi/c1-27(2,3)30(4,5)29-24-19-17-15-13-11-9-7-6-8-10-12-14-16-18-21-26-22-20-23-28-25-26/h20,22-23,25H,6-9,11,13-19,21,24H2,1-5H3. The summed E-state index contributed by atoms with van der Waals surface area (Å²) in [6.07, 6.45) is 20.1. The molecule has 1 heterocycles. The lowest BCUT2D eigenvalue weighted by Gasteiger charge is -2.36. The predicted molar refractivity (Wildman–Crippen MR) is 134 cm³/mol. The number of unbranched alkanes of at least 4 members (excludes halogenated alkanes) is 10. The van der Waals surface area contributed by atoms with Crippen molar-refractivity contribution in [2.75, 3.05) is 6.61 Å². The third-order valence-electron chi connectivity index (χ3n) is 6.33. The average molecular weight is 430 g/mol. The quantitative estimate of drug-likeness (QED) is 0.159. The van der Waals surface area contributed by atoms with Gasteiger partial charge >= 0.3 is 0 Å². The van der Waals surface area contributed by atoms with E-state index in [0.29, 0.717) is 5.04 Å². The molecule has 2 nitrogen and oxygen atoms in total. The summed E-state index contributed by atoms with van der Waals surface area (Å²) in [5.41, 5.74) is 1.34. The van der Waals surface area contributed by atoms with Crippen molar-refractivity contribution in [2.24, 2.45) is 0 Å². The molecule has 0 amide bonds. The van der Waals surface area contributed by atoms with E-state index in [9.17, 15) is 0 Å². The second-order valence-corrected chi connectivity index (χ2v) is 14.9. The molecule has 170 valence electrons. The number of aromatic nitrogens is 1. The number of hydrogen-bond donors (Lipinski definition) is 0. The highest BCUT2D eigenvalue weighted by Crippen LogP contribution is 2.36. The minimum atomic E-state index is -1.54. The summed E-state index contributed by atoms with van der Waals surface area (Å²) < 4.78 is 6.25. The van der Waals surface area contributed by atoms with E-state index in [2.05, 4.69) is 56.8 Å². The van der Waals surface area contributed by atoms with Crippen LogP contribution in [0.25, 0.3) is 0 Å². The van der Waals surface area contributed by atoms with Crippen molar-refractivity contribution < 1.29 is 4.43 Å². The van der Waals surface area contributed by atoms with Crippen LogP contribution in [0.3, 0.4) is 0 Å². The van der Waals surface area contributed by atoms with Gasteiger partial charge in [-0.1, -0.05) is 65.4 Å². The summed E-state index contributed by atoms with van der Waals surface area (Å²) in [5.74, 6) is 6.71. The maximum atomic E-state index is 6.25. The minimum Gasteiger partial charge on any atom is -0.417 e. The first-order valence-electron chi connectivity index (χ1n) is 12.3. The molecule has 0 aromatic carbocycles. The smallest absolute Gasteiger partial charge is 0.191 e. The first kappa shape index (κ1) is 26.9. The van der Waals surface area contributed by atoms with Crippen molar-refractivity contribution in [1.29, 1.82) is 0 Å². The molecule has 0 aliphatic heterocycles. The first-order chi connectivity index (χ1) is 14.3. The zero-order chi connectivity index (χ0) is 22.1. The number of hydrogen-bond acceptors (Lipinski definition) is 2. The van der Waals surface area contributed by atoms with Gasteiger partial charge in [-0.05, 0) is 61.9 Å². The van der Waals surface area contributed by atoms with Gasteiger partial charge in [-0.15, -0.1) is 11.8 Å². The Balaban J connectivity index is 1.83. The maximum absolute atomic E-state index is 6.25. The monoisotopic (exact) mass is 429 g/mol. The van der Waals surface area contributed by atoms with Gasteiger partial charge in [-0.3, -0.25) is 4.98 Å². The molecule has 3 heteroatoms. The van der Waals surface area contributed by atoms with Crippen LogP contribution in [-0.2, 0) is 10.8 Å². The van der Waals surface area contributed by atoms with Gasteiger partial charge in [-0.25, -0.2) is 0 Å². The molecule has 0 aliphatic carbocycles. The third kappa shape index (κ3) is 13.2. The van der Waals surface area contributed by atoms with E-state index < -0.39 is 8.32 Å². The van der Waals surface area contributed by atoms with Gasteiger partial charge < -0.3 is 4.43 Å². The van der Waals surface area contributed by atoms with E-state index in [1.807, 2.05) is 18.5 Å². The molecule has 0 N–H and O–H groups in total. The summed E-state index contributed by atoms with van der Waals surface area (Å²) in [6.45, 7) is 12.6. The van der Waals surface area contributed by atoms with Gasteiger partial charge in [0, 0.05) is 31.8 Å². The topological polar surface area (TPSA) is 22.1 Å². The SMILES string of the molecule is CC(C)(C)[Si](C)(C)OCCCCCCCCCCC#CCCCCc1cccnc1. The van der Waals surface area contributed by atoms with E-state index >= 15 is 0 Å². The lowest BCUT2D eigenvalue weighted by atomic mass is 10.1. The lowest BCUT2D eigenvalue weighted by molar-refractivity contribution is 0.277. The Bertz CT molecular complexity index is 595. The Morgan fingerprint density at radius 2 is 1.40 bits per heavy atom. The number of pyridine rings is 1. The van der Waals surface area contributed by atoms with Crippen LogP contribution in [0.5, 0.6) is 0 Å². The Labute approximate surface area is 188 Å². The van der Waals surface area contributed by atoms with E-state index in [0.717, 1.165) is 25.9 Å². The van der Waals surface area contributed by atoms with Crippen LogP contribution < -0.4 is 0 Å². The van der Waals surface area contributed by atoms with Crippen molar-refractivity contribution >= 4 is 8.32 Å². The fourth-order valence-corrected chi connectivity index (χ4v) is 4.27. The van der Waals surface area contributed by atoms with E-state index in [-0.39, 0.29) is 0 Å². The normalized spacial score (nSPS) is 11.9. The predicted octanol–water partition coefficient (Wildman–Crippen LogP) is 8.33. The molecule has 1 aromatic heterocycles. The minimum absolute atomic E-state index is 0.331. The fourth-order valence-electron chi connectivity index (χ4n) is 3.19. The Hall–Kier alpha value is -1.11. The maximum Gasteiger partial charge on any atom is 0.191 e. The highest BCUT2D eigenvalue weighted by molar-refractivity contribution is 6.74. The highest BCUT2D eigenvalue weighted by atomic mass is 28.4. The summed E-state index contributed by atoms with van der Waals surface area (Å²) in [7, 11) is -1.54. The van der Waals surface area contributed by atoms with Crippen LogP contribution in [0.1, 0.15) is 103 Å². The van der Waals surface area contributed by atoms with Gasteiger partial charge in [0.05, 0.1) is 0 Å². The van der Waals surface area contributed by atoms with Crippen LogP contribution in [0.4, 0.5) is 0 Å². The second-order valence-electron chi connectivity index (χ2n) is 10.1. The van der Waals surface area contributed by atoms with Crippen molar-refractivity contribution in [3.8, 4) is 11.8 Å². The second kappa shape index (κ2) is 15.7. The van der Waals surface area contributed by atoms with Gasteiger partial charge in [0.1, 0.15) is 0 Å². The van der Waals surface area contributed by atoms with Crippen LogP contribution in [0, 0.1) is 11.8 Å². The van der Waals surface area contributed by atoms with E-state index in [1.165, 1.54) is 69.8 Å². The molecule has 0 spiro atoms. The number of nitrogens with zero attached hydrogens (tertiary/aromatic N) is 1. The number of aryl methyl sites for hydroxylation is 1. The van der Waals surface area contributed by atoms with E-state index in [1.54, 1.807) is 0 Å². The zero-order valence-electron chi connectivity index (χ0n) is 20.6. The summed E-state index contributed by atoms with van der Waals surface area (Å²) in [6, 6.07) is 4.17. The molecule has 0 fully saturated rings. The largest absolute Gasteiger partial charge is 0.417 e. The Kier molecular flexibility index (Phi) is 14.0. The van der Waals surface area contributed by atoms with Gasteiger partial charge in [0.2, 0.25) is 0 Å². The van der Waals surface area contributed by atoms with Crippen LogP contribution >= 0.6 is 0 Å². The van der Waals surface area contributed by atoms with Gasteiger partial charge in [-0.2, -0.15) is 0 Å². The molecule has 0 atom stereocenters. The molecule has 0 bridgehead atoms. The Morgan fingerprint density at radius 3 is 1.97 bits per heavy atom. The van der Waals surface area contributed by atoms with Gasteiger partial charge in [0.25, 0.3) is 0 Å². The van der Waals surface area contributed by atoms with Crippen molar-refractivity contribution in [1.82, 2.24) is 4.98 Å². The molecule has 0 saturated carbocycles. The number of rotatable bonds is 15. The molecule has 0 unspecified atom stereocenters. The zero-order valence-corrected chi connectivity index (χ0v) is 21.6. The fraction of sp³-hybridized carbons (Fsp3) is 0.741. The highest BCUT2D eigenvalue weighted by Gasteiger charge is 2.36. The molecule has 0 saturated heterocycles. The molecular formula is C27H47NOSi. The molecule has 30 heavy (non-hydrogen) atoms. The molecule has 0 aliphatic rings. The van der Waals surface area contributed by atoms with Crippen molar-refractivity contribution in [3.05, 3.63) is 30.1 Å². The average Bonchev–Trinajstić information content (AvgIpc) is 2.70. The van der Waals surface area contributed by atoms with Gasteiger partial charge in [0.15, 0.2) is 8.32 Å². The van der Waals surface area contributed by atoms with Crippen molar-refractivity contribution in [3.63, 3.8) is 0 Å². The van der Waals surface area contributed by atoms with E-state index in [4.69, 9.17) is 4.43 Å². The Morgan fingerprint density at radius 1 is 0.833 bits per heavy atom. The van der Waals surface area contributed by atoms with Crippen LogP contribution in [0.2, 0.25) is 18.1 Å². The first-order valence-corrected chi connectivity index (χ1v) is 15.2. The molecule has 0 radical (unpaired) electrons. The van der Waals surface area contributed by atoms with Crippen LogP contribution in [-0.4, -0.2) is 19.9 Å². The molecule has 1 rings (SSSR count). The summed E-state index contributed by atoms with van der Waals surface area (Å²) in [4.78, 5) is 4.16. The van der Waals surface area contributed by atoms with Crippen LogP contribution in [0.15, 0.2) is 24.5 Å². The van der Waals surface area contributed by atoms with Crippen molar-refractivity contribution in [2.45, 2.75) is 122 Å².